The fourth-order valence-corrected chi connectivity index (χ4v) is 2.56. The Morgan fingerprint density at radius 2 is 1.90 bits per heavy atom. The van der Waals surface area contributed by atoms with Gasteiger partial charge in [0.1, 0.15) is 5.82 Å². The number of halogens is 1. The van der Waals surface area contributed by atoms with E-state index in [9.17, 15) is 9.18 Å². The van der Waals surface area contributed by atoms with Crippen LogP contribution >= 0.6 is 0 Å². The van der Waals surface area contributed by atoms with Gasteiger partial charge in [0.15, 0.2) is 0 Å². The maximum Gasteiger partial charge on any atom is 0.220 e. The Hall–Kier alpha value is -1.42. The van der Waals surface area contributed by atoms with Crippen molar-refractivity contribution >= 4 is 5.91 Å². The molecule has 0 saturated carbocycles. The van der Waals surface area contributed by atoms with Gasteiger partial charge in [-0.2, -0.15) is 0 Å². The molecule has 21 heavy (non-hydrogen) atoms. The van der Waals surface area contributed by atoms with Gasteiger partial charge in [0.25, 0.3) is 0 Å². The van der Waals surface area contributed by atoms with Crippen molar-refractivity contribution in [3.63, 3.8) is 0 Å². The summed E-state index contributed by atoms with van der Waals surface area (Å²) in [5, 5.41) is 2.96. The molecule has 0 aromatic heterocycles. The largest absolute Gasteiger partial charge is 0.350 e. The highest BCUT2D eigenvalue weighted by Gasteiger charge is 2.13. The first-order valence-corrected chi connectivity index (χ1v) is 7.81. The van der Waals surface area contributed by atoms with Crippen LogP contribution in [0.5, 0.6) is 0 Å². The summed E-state index contributed by atoms with van der Waals surface area (Å²) in [7, 11) is 0. The Morgan fingerprint density at radius 1 is 1.24 bits per heavy atom. The van der Waals surface area contributed by atoms with Crippen molar-refractivity contribution in [3.8, 4) is 0 Å². The van der Waals surface area contributed by atoms with Crippen LogP contribution in [0.1, 0.15) is 57.6 Å². The highest BCUT2D eigenvalue weighted by molar-refractivity contribution is 5.76. The molecule has 2 atom stereocenters. The molecular weight excluding hydrogens is 267 g/mol. The third-order valence-corrected chi connectivity index (χ3v) is 3.80. The summed E-state index contributed by atoms with van der Waals surface area (Å²) >= 11 is 0. The third-order valence-electron chi connectivity index (χ3n) is 3.80. The van der Waals surface area contributed by atoms with Gasteiger partial charge in [-0.15, -0.1) is 0 Å². The lowest BCUT2D eigenvalue weighted by Crippen LogP contribution is -2.27. The molecule has 3 N–H and O–H groups in total. The Morgan fingerprint density at radius 3 is 2.48 bits per heavy atom. The highest BCUT2D eigenvalue weighted by Crippen LogP contribution is 2.18. The van der Waals surface area contributed by atoms with Crippen molar-refractivity contribution in [1.29, 1.82) is 0 Å². The molecule has 1 rings (SSSR count). The van der Waals surface area contributed by atoms with E-state index in [1.165, 1.54) is 12.1 Å². The second-order valence-electron chi connectivity index (χ2n) is 5.61. The van der Waals surface area contributed by atoms with Gasteiger partial charge in [0.2, 0.25) is 5.91 Å². The molecule has 2 unspecified atom stereocenters. The van der Waals surface area contributed by atoms with E-state index in [4.69, 9.17) is 5.73 Å². The molecule has 0 aliphatic heterocycles. The quantitative estimate of drug-likeness (QED) is 0.732. The van der Waals surface area contributed by atoms with Crippen LogP contribution in [0, 0.1) is 11.7 Å². The summed E-state index contributed by atoms with van der Waals surface area (Å²) in [6.07, 6.45) is 4.63. The molecule has 1 aromatic carbocycles. The van der Waals surface area contributed by atoms with Crippen LogP contribution in [0.25, 0.3) is 0 Å². The third kappa shape index (κ3) is 6.71. The van der Waals surface area contributed by atoms with Crippen molar-refractivity contribution in [2.45, 2.75) is 52.0 Å². The maximum absolute atomic E-state index is 12.9. The number of nitrogens with two attached hydrogens (primary N) is 1. The number of amides is 1. The maximum atomic E-state index is 12.9. The summed E-state index contributed by atoms with van der Waals surface area (Å²) in [6.45, 7) is 4.74. The molecule has 4 heteroatoms. The van der Waals surface area contributed by atoms with Gasteiger partial charge < -0.3 is 11.1 Å². The first kappa shape index (κ1) is 17.6. The zero-order valence-corrected chi connectivity index (χ0v) is 13.1. The lowest BCUT2D eigenvalue weighted by molar-refractivity contribution is -0.122. The van der Waals surface area contributed by atoms with E-state index < -0.39 is 0 Å². The standard InChI is InChI=1S/C17H27FN2O/c1-3-4-14(11-12-19)5-10-17(21)20-13(2)15-6-8-16(18)9-7-15/h6-9,13-14H,3-5,10-12,19H2,1-2H3,(H,20,21). The number of nitrogens with one attached hydrogen (secondary N) is 1. The predicted molar refractivity (Wildman–Crippen MR) is 84.3 cm³/mol. The Balaban J connectivity index is 2.40. The van der Waals surface area contributed by atoms with E-state index in [1.807, 2.05) is 6.92 Å². The number of carbonyl (C=O) groups excluding carboxylic acids is 1. The molecule has 0 radical (unpaired) electrons. The number of rotatable bonds is 9. The fraction of sp³-hybridized carbons (Fsp3) is 0.588. The summed E-state index contributed by atoms with van der Waals surface area (Å²) in [4.78, 5) is 12.0. The topological polar surface area (TPSA) is 55.1 Å². The minimum atomic E-state index is -0.263. The fourth-order valence-electron chi connectivity index (χ4n) is 2.56. The lowest BCUT2D eigenvalue weighted by atomic mass is 9.94. The Bertz CT molecular complexity index is 413. The van der Waals surface area contributed by atoms with Crippen LogP contribution in [-0.4, -0.2) is 12.5 Å². The molecule has 0 bridgehead atoms. The summed E-state index contributed by atoms with van der Waals surface area (Å²) in [5.74, 6) is 0.318. The zero-order chi connectivity index (χ0) is 15.7. The molecular formula is C17H27FN2O. The minimum absolute atomic E-state index is 0.0462. The number of hydrogen-bond donors (Lipinski definition) is 2. The second kappa shape index (κ2) is 9.50. The molecule has 3 nitrogen and oxygen atoms in total. The molecule has 1 amide bonds. The average molecular weight is 294 g/mol. The highest BCUT2D eigenvalue weighted by atomic mass is 19.1. The molecule has 0 aliphatic rings. The normalized spacial score (nSPS) is 13.7. The van der Waals surface area contributed by atoms with Crippen LogP contribution < -0.4 is 11.1 Å². The summed E-state index contributed by atoms with van der Waals surface area (Å²) in [5.41, 5.74) is 6.52. The smallest absolute Gasteiger partial charge is 0.220 e. The average Bonchev–Trinajstić information content (AvgIpc) is 2.46. The Labute approximate surface area is 127 Å². The SMILES string of the molecule is CCCC(CCN)CCC(=O)NC(C)c1ccc(F)cc1. The van der Waals surface area contributed by atoms with Crippen molar-refractivity contribution in [2.75, 3.05) is 6.54 Å². The van der Waals surface area contributed by atoms with Crippen LogP contribution in [-0.2, 0) is 4.79 Å². The van der Waals surface area contributed by atoms with Gasteiger partial charge in [-0.3, -0.25) is 4.79 Å². The van der Waals surface area contributed by atoms with E-state index in [0.29, 0.717) is 18.9 Å². The van der Waals surface area contributed by atoms with Crippen molar-refractivity contribution < 1.29 is 9.18 Å². The van der Waals surface area contributed by atoms with E-state index in [1.54, 1.807) is 12.1 Å². The first-order valence-electron chi connectivity index (χ1n) is 7.81. The van der Waals surface area contributed by atoms with E-state index in [0.717, 1.165) is 31.2 Å². The number of benzene rings is 1. The van der Waals surface area contributed by atoms with Crippen LogP contribution in [0.15, 0.2) is 24.3 Å². The number of hydrogen-bond acceptors (Lipinski definition) is 2. The lowest BCUT2D eigenvalue weighted by Gasteiger charge is -2.17. The molecule has 0 saturated heterocycles. The van der Waals surface area contributed by atoms with Gasteiger partial charge in [0.05, 0.1) is 6.04 Å². The van der Waals surface area contributed by atoms with Gasteiger partial charge in [-0.1, -0.05) is 31.9 Å². The molecule has 1 aromatic rings. The van der Waals surface area contributed by atoms with Gasteiger partial charge in [-0.25, -0.2) is 4.39 Å². The van der Waals surface area contributed by atoms with Crippen LogP contribution in [0.4, 0.5) is 4.39 Å². The van der Waals surface area contributed by atoms with Crippen molar-refractivity contribution in [3.05, 3.63) is 35.6 Å². The molecule has 118 valence electrons. The van der Waals surface area contributed by atoms with E-state index in [2.05, 4.69) is 12.2 Å². The van der Waals surface area contributed by atoms with Crippen LogP contribution in [0.2, 0.25) is 0 Å². The van der Waals surface area contributed by atoms with Gasteiger partial charge in [-0.05, 0) is 49.9 Å². The monoisotopic (exact) mass is 294 g/mol. The van der Waals surface area contributed by atoms with Crippen molar-refractivity contribution in [1.82, 2.24) is 5.32 Å². The second-order valence-corrected chi connectivity index (χ2v) is 5.61. The van der Waals surface area contributed by atoms with E-state index >= 15 is 0 Å². The summed E-state index contributed by atoms with van der Waals surface area (Å²) in [6, 6.07) is 6.13. The summed E-state index contributed by atoms with van der Waals surface area (Å²) < 4.78 is 12.9. The minimum Gasteiger partial charge on any atom is -0.350 e. The molecule has 0 fully saturated rings. The van der Waals surface area contributed by atoms with Gasteiger partial charge >= 0.3 is 0 Å². The van der Waals surface area contributed by atoms with Crippen LogP contribution in [0.3, 0.4) is 0 Å². The zero-order valence-electron chi connectivity index (χ0n) is 13.1. The predicted octanol–water partition coefficient (Wildman–Crippen LogP) is 3.55. The number of carbonyl (C=O) groups is 1. The first-order chi connectivity index (χ1) is 10.1. The molecule has 0 heterocycles. The molecule has 0 aliphatic carbocycles. The Kier molecular flexibility index (Phi) is 7.98. The van der Waals surface area contributed by atoms with Crippen molar-refractivity contribution in [2.24, 2.45) is 11.7 Å². The molecule has 0 spiro atoms. The van der Waals surface area contributed by atoms with Gasteiger partial charge in [0, 0.05) is 6.42 Å². The van der Waals surface area contributed by atoms with E-state index in [-0.39, 0.29) is 17.8 Å².